The van der Waals surface area contributed by atoms with Gasteiger partial charge in [-0.15, -0.1) is 12.6 Å². The molecule has 0 saturated heterocycles. The van der Waals surface area contributed by atoms with E-state index in [4.69, 9.17) is 0 Å². The first-order valence-electron chi connectivity index (χ1n) is 6.64. The molecule has 0 aliphatic heterocycles. The topological polar surface area (TPSA) is 3.88 Å². The molecule has 0 atom stereocenters. The van der Waals surface area contributed by atoms with Crippen LogP contribution >= 0.6 is 12.6 Å². The predicted molar refractivity (Wildman–Crippen MR) is 84.9 cm³/mol. The van der Waals surface area contributed by atoms with Crippen molar-refractivity contribution in [2.45, 2.75) is 11.4 Å². The van der Waals surface area contributed by atoms with Gasteiger partial charge >= 0.3 is 0 Å². The maximum atomic E-state index is 4.51. The average Bonchev–Trinajstić information content (AvgIpc) is 2.50. The Hall–Kier alpha value is -2.06. The third-order valence-corrected chi connectivity index (χ3v) is 3.70. The Morgan fingerprint density at radius 3 is 2.10 bits per heavy atom. The number of aromatic nitrogens is 1. The number of benzene rings is 2. The van der Waals surface area contributed by atoms with E-state index < -0.39 is 0 Å². The Balaban J connectivity index is 1.83. The van der Waals surface area contributed by atoms with Crippen molar-refractivity contribution in [3.63, 3.8) is 0 Å². The molecule has 0 spiro atoms. The number of nitrogens with zero attached hydrogens (tertiary/aromatic N) is 1. The van der Waals surface area contributed by atoms with Crippen LogP contribution in [-0.2, 0) is 6.54 Å². The first kappa shape index (κ1) is 12.9. The highest BCUT2D eigenvalue weighted by molar-refractivity contribution is 7.80. The molecule has 2 heteroatoms. The quantitative estimate of drug-likeness (QED) is 0.546. The van der Waals surface area contributed by atoms with Crippen molar-refractivity contribution in [2.75, 3.05) is 0 Å². The summed E-state index contributed by atoms with van der Waals surface area (Å²) < 4.78 is 2.18. The molecule has 0 amide bonds. The fraction of sp³-hybridized carbons (Fsp3) is 0.0556. The lowest BCUT2D eigenvalue weighted by Crippen LogP contribution is -2.32. The Morgan fingerprint density at radius 2 is 1.40 bits per heavy atom. The van der Waals surface area contributed by atoms with E-state index in [-0.39, 0.29) is 0 Å². The normalized spacial score (nSPS) is 10.4. The van der Waals surface area contributed by atoms with Crippen molar-refractivity contribution in [2.24, 2.45) is 0 Å². The number of rotatable bonds is 3. The standard InChI is InChI=1S/C18H15NS/c20-18-9-5-4-8-17(18)16-10-12-19(13-11-16)14-15-6-2-1-3-7-15/h1-13H,14H2/p+1. The lowest BCUT2D eigenvalue weighted by atomic mass is 10.1. The summed E-state index contributed by atoms with van der Waals surface area (Å²) in [4.78, 5) is 1.01. The Morgan fingerprint density at radius 1 is 0.750 bits per heavy atom. The van der Waals surface area contributed by atoms with Crippen LogP contribution in [0, 0.1) is 0 Å². The fourth-order valence-electron chi connectivity index (χ4n) is 2.25. The SMILES string of the molecule is Sc1ccccc1-c1cc[n+](Cc2ccccc2)cc1. The molecule has 3 aromatic rings. The third kappa shape index (κ3) is 2.91. The van der Waals surface area contributed by atoms with E-state index >= 15 is 0 Å². The largest absolute Gasteiger partial charge is 0.201 e. The first-order chi connectivity index (χ1) is 9.83. The van der Waals surface area contributed by atoms with Gasteiger partial charge in [-0.05, 0) is 17.2 Å². The van der Waals surface area contributed by atoms with E-state index in [9.17, 15) is 0 Å². The second-order valence-corrected chi connectivity index (χ2v) is 5.24. The number of hydrogen-bond donors (Lipinski definition) is 1. The number of thiol groups is 1. The summed E-state index contributed by atoms with van der Waals surface area (Å²) in [6.07, 6.45) is 4.23. The summed E-state index contributed by atoms with van der Waals surface area (Å²) >= 11 is 4.51. The minimum Gasteiger partial charge on any atom is -0.201 e. The van der Waals surface area contributed by atoms with Crippen LogP contribution in [0.5, 0.6) is 0 Å². The molecule has 20 heavy (non-hydrogen) atoms. The molecule has 2 aromatic carbocycles. The van der Waals surface area contributed by atoms with Crippen LogP contribution in [-0.4, -0.2) is 0 Å². The van der Waals surface area contributed by atoms with Crippen LogP contribution in [0.3, 0.4) is 0 Å². The second kappa shape index (κ2) is 5.93. The molecule has 3 rings (SSSR count). The van der Waals surface area contributed by atoms with E-state index in [1.54, 1.807) is 0 Å². The van der Waals surface area contributed by atoms with Crippen LogP contribution in [0.2, 0.25) is 0 Å². The van der Waals surface area contributed by atoms with Gasteiger partial charge in [-0.2, -0.15) is 0 Å². The van der Waals surface area contributed by atoms with Crippen molar-refractivity contribution in [1.29, 1.82) is 0 Å². The fourth-order valence-corrected chi connectivity index (χ4v) is 2.54. The van der Waals surface area contributed by atoms with E-state index in [1.807, 2.05) is 24.3 Å². The number of hydrogen-bond acceptors (Lipinski definition) is 1. The molecule has 1 nitrogen and oxygen atoms in total. The van der Waals surface area contributed by atoms with Gasteiger partial charge in [0.25, 0.3) is 0 Å². The van der Waals surface area contributed by atoms with E-state index in [1.165, 1.54) is 16.7 Å². The minimum atomic E-state index is 0.893. The van der Waals surface area contributed by atoms with Crippen LogP contribution in [0.4, 0.5) is 0 Å². The van der Waals surface area contributed by atoms with Crippen molar-refractivity contribution in [1.82, 2.24) is 0 Å². The third-order valence-electron chi connectivity index (χ3n) is 3.31. The molecule has 0 fully saturated rings. The molecule has 0 N–H and O–H groups in total. The summed E-state index contributed by atoms with van der Waals surface area (Å²) in [5.41, 5.74) is 3.67. The molecule has 98 valence electrons. The molecule has 0 bridgehead atoms. The van der Waals surface area contributed by atoms with Gasteiger partial charge < -0.3 is 0 Å². The monoisotopic (exact) mass is 278 g/mol. The van der Waals surface area contributed by atoms with Gasteiger partial charge in [0.05, 0.1) is 0 Å². The zero-order valence-electron chi connectivity index (χ0n) is 11.1. The second-order valence-electron chi connectivity index (χ2n) is 4.76. The van der Waals surface area contributed by atoms with Gasteiger partial charge in [-0.25, -0.2) is 4.57 Å². The van der Waals surface area contributed by atoms with Gasteiger partial charge in [-0.1, -0.05) is 48.5 Å². The molecule has 0 unspecified atom stereocenters. The summed E-state index contributed by atoms with van der Waals surface area (Å²) in [5, 5.41) is 0. The molecular weight excluding hydrogens is 262 g/mol. The highest BCUT2D eigenvalue weighted by atomic mass is 32.1. The predicted octanol–water partition coefficient (Wildman–Crippen LogP) is 3.98. The zero-order chi connectivity index (χ0) is 13.8. The van der Waals surface area contributed by atoms with E-state index in [2.05, 4.69) is 72.1 Å². The first-order valence-corrected chi connectivity index (χ1v) is 7.09. The average molecular weight is 278 g/mol. The van der Waals surface area contributed by atoms with Gasteiger partial charge in [0.2, 0.25) is 0 Å². The lowest BCUT2D eigenvalue weighted by Gasteiger charge is -2.04. The highest BCUT2D eigenvalue weighted by Crippen LogP contribution is 2.24. The smallest absolute Gasteiger partial charge is 0.173 e. The minimum absolute atomic E-state index is 0.893. The van der Waals surface area contributed by atoms with Crippen molar-refractivity contribution in [3.05, 3.63) is 84.7 Å². The molecule has 0 radical (unpaired) electrons. The van der Waals surface area contributed by atoms with Crippen molar-refractivity contribution in [3.8, 4) is 11.1 Å². The van der Waals surface area contributed by atoms with Gasteiger partial charge in [-0.3, -0.25) is 0 Å². The Kier molecular flexibility index (Phi) is 3.84. The van der Waals surface area contributed by atoms with Crippen LogP contribution in [0.25, 0.3) is 11.1 Å². The van der Waals surface area contributed by atoms with Crippen molar-refractivity contribution >= 4 is 12.6 Å². The van der Waals surface area contributed by atoms with Crippen molar-refractivity contribution < 1.29 is 4.57 Å². The molecule has 0 aliphatic rings. The van der Waals surface area contributed by atoms with Gasteiger partial charge in [0, 0.05) is 22.6 Å². The zero-order valence-corrected chi connectivity index (χ0v) is 12.0. The summed E-state index contributed by atoms with van der Waals surface area (Å²) in [6, 6.07) is 22.9. The molecule has 1 heterocycles. The van der Waals surface area contributed by atoms with E-state index in [0.29, 0.717) is 0 Å². The van der Waals surface area contributed by atoms with Gasteiger partial charge in [0.1, 0.15) is 0 Å². The molecule has 0 aliphatic carbocycles. The Bertz CT molecular complexity index is 690. The Labute approximate surface area is 124 Å². The number of pyridine rings is 1. The maximum Gasteiger partial charge on any atom is 0.173 e. The molecule has 1 aromatic heterocycles. The van der Waals surface area contributed by atoms with Crippen LogP contribution in [0.1, 0.15) is 5.56 Å². The van der Waals surface area contributed by atoms with Crippen LogP contribution < -0.4 is 4.57 Å². The maximum absolute atomic E-state index is 4.51. The summed E-state index contributed by atoms with van der Waals surface area (Å²) in [7, 11) is 0. The molecule has 0 saturated carbocycles. The molecular formula is C18H16NS+. The lowest BCUT2D eigenvalue weighted by molar-refractivity contribution is -0.688. The van der Waals surface area contributed by atoms with E-state index in [0.717, 1.165) is 11.4 Å². The van der Waals surface area contributed by atoms with Crippen LogP contribution in [0.15, 0.2) is 84.0 Å². The van der Waals surface area contributed by atoms with Gasteiger partial charge in [0.15, 0.2) is 18.9 Å². The summed E-state index contributed by atoms with van der Waals surface area (Å²) in [5.74, 6) is 0. The summed E-state index contributed by atoms with van der Waals surface area (Å²) in [6.45, 7) is 0.893. The highest BCUT2D eigenvalue weighted by Gasteiger charge is 2.05.